The zero-order valence-corrected chi connectivity index (χ0v) is 15.6. The number of carbonyl (C=O) groups is 1. The lowest BCUT2D eigenvalue weighted by atomic mass is 10.1. The van der Waals surface area contributed by atoms with E-state index in [4.69, 9.17) is 16.3 Å². The van der Waals surface area contributed by atoms with Crippen LogP contribution in [-0.2, 0) is 11.2 Å². The van der Waals surface area contributed by atoms with E-state index in [1.165, 1.54) is 11.3 Å². The Morgan fingerprint density at radius 1 is 1.32 bits per heavy atom. The average molecular weight is 377 g/mol. The van der Waals surface area contributed by atoms with Gasteiger partial charge in [0.1, 0.15) is 15.5 Å². The van der Waals surface area contributed by atoms with Crippen molar-refractivity contribution in [1.82, 2.24) is 9.97 Å². The van der Waals surface area contributed by atoms with E-state index < -0.39 is 5.97 Å². The first-order valence-corrected chi connectivity index (χ1v) is 9.02. The van der Waals surface area contributed by atoms with Gasteiger partial charge in [-0.25, -0.2) is 9.78 Å². The van der Waals surface area contributed by atoms with Gasteiger partial charge in [-0.2, -0.15) is 0 Å². The zero-order chi connectivity index (χ0) is 18.1. The van der Waals surface area contributed by atoms with E-state index in [-0.39, 0.29) is 11.7 Å². The van der Waals surface area contributed by atoms with Gasteiger partial charge in [0.2, 0.25) is 0 Å². The summed E-state index contributed by atoms with van der Waals surface area (Å²) in [5.74, 6) is 0.124. The molecule has 0 saturated heterocycles. The van der Waals surface area contributed by atoms with E-state index in [0.29, 0.717) is 37.9 Å². The number of nitrogens with one attached hydrogen (secondary N) is 1. The highest BCUT2D eigenvalue weighted by Gasteiger charge is 2.21. The highest BCUT2D eigenvalue weighted by molar-refractivity contribution is 7.20. The second kappa shape index (κ2) is 6.98. The monoisotopic (exact) mass is 376 g/mol. The van der Waals surface area contributed by atoms with Crippen molar-refractivity contribution in [3.05, 3.63) is 61.5 Å². The Labute approximate surface area is 153 Å². The predicted molar refractivity (Wildman–Crippen MR) is 99.8 cm³/mol. The van der Waals surface area contributed by atoms with Crippen LogP contribution in [0.4, 0.5) is 0 Å². The average Bonchev–Trinajstić information content (AvgIpc) is 2.86. The van der Waals surface area contributed by atoms with Gasteiger partial charge in [0.05, 0.1) is 11.5 Å². The SMILES string of the molecule is Cc1c(C(=O)OC(C)C)sc2nc(Cc3ccc(Cl)cc3)[nH]c(=O)c12. The van der Waals surface area contributed by atoms with Crippen LogP contribution in [0.2, 0.25) is 5.02 Å². The van der Waals surface area contributed by atoms with Crippen LogP contribution in [0.3, 0.4) is 0 Å². The molecule has 1 aromatic carbocycles. The number of aromatic amines is 1. The smallest absolute Gasteiger partial charge is 0.348 e. The summed E-state index contributed by atoms with van der Waals surface area (Å²) in [6.45, 7) is 5.32. The fraction of sp³-hybridized carbons (Fsp3) is 0.278. The Balaban J connectivity index is 2.00. The molecule has 130 valence electrons. The van der Waals surface area contributed by atoms with Crippen LogP contribution >= 0.6 is 22.9 Å². The molecule has 0 radical (unpaired) electrons. The maximum absolute atomic E-state index is 12.5. The molecule has 0 amide bonds. The van der Waals surface area contributed by atoms with Crippen molar-refractivity contribution in [1.29, 1.82) is 0 Å². The van der Waals surface area contributed by atoms with Crippen LogP contribution in [0.5, 0.6) is 0 Å². The highest BCUT2D eigenvalue weighted by atomic mass is 35.5. The maximum atomic E-state index is 12.5. The molecule has 1 N–H and O–H groups in total. The van der Waals surface area contributed by atoms with E-state index in [2.05, 4.69) is 9.97 Å². The summed E-state index contributed by atoms with van der Waals surface area (Å²) in [7, 11) is 0. The van der Waals surface area contributed by atoms with Gasteiger partial charge in [-0.3, -0.25) is 4.79 Å². The molecule has 0 saturated carbocycles. The number of H-pyrrole nitrogens is 1. The van der Waals surface area contributed by atoms with E-state index in [0.717, 1.165) is 5.56 Å². The number of benzene rings is 1. The molecular formula is C18H17ClN2O3S. The summed E-state index contributed by atoms with van der Waals surface area (Å²) in [6.07, 6.45) is 0.259. The van der Waals surface area contributed by atoms with Crippen molar-refractivity contribution in [3.63, 3.8) is 0 Å². The quantitative estimate of drug-likeness (QED) is 0.696. The number of ether oxygens (including phenoxy) is 1. The molecule has 5 nitrogen and oxygen atoms in total. The molecule has 0 atom stereocenters. The normalized spacial score (nSPS) is 11.2. The Kier molecular flexibility index (Phi) is 4.92. The van der Waals surface area contributed by atoms with Crippen LogP contribution in [0.1, 0.15) is 40.5 Å². The number of aryl methyl sites for hydroxylation is 1. The molecular weight excluding hydrogens is 360 g/mol. The van der Waals surface area contributed by atoms with Gasteiger partial charge in [0, 0.05) is 11.4 Å². The first kappa shape index (κ1) is 17.6. The Morgan fingerprint density at radius 2 is 2.00 bits per heavy atom. The second-order valence-corrected chi connectivity index (χ2v) is 7.44. The van der Waals surface area contributed by atoms with Gasteiger partial charge in [0.25, 0.3) is 5.56 Å². The standard InChI is InChI=1S/C18H17ClN2O3S/c1-9(2)24-18(23)15-10(3)14-16(22)20-13(21-17(14)25-15)8-11-4-6-12(19)7-5-11/h4-7,9H,8H2,1-3H3,(H,20,21,22). The molecule has 0 aliphatic heterocycles. The second-order valence-electron chi connectivity index (χ2n) is 6.01. The summed E-state index contributed by atoms with van der Waals surface area (Å²) in [6, 6.07) is 7.36. The number of thiophene rings is 1. The van der Waals surface area contributed by atoms with Gasteiger partial charge in [0.15, 0.2) is 0 Å². The number of halogens is 1. The minimum Gasteiger partial charge on any atom is -0.459 e. The van der Waals surface area contributed by atoms with Crippen molar-refractivity contribution in [3.8, 4) is 0 Å². The third kappa shape index (κ3) is 3.75. The third-order valence-electron chi connectivity index (χ3n) is 3.66. The number of esters is 1. The summed E-state index contributed by atoms with van der Waals surface area (Å²) < 4.78 is 5.24. The van der Waals surface area contributed by atoms with Gasteiger partial charge < -0.3 is 9.72 Å². The molecule has 3 rings (SSSR count). The molecule has 0 aliphatic carbocycles. The first-order valence-electron chi connectivity index (χ1n) is 7.83. The molecule has 3 aromatic rings. The van der Waals surface area contributed by atoms with Crippen LogP contribution in [0.15, 0.2) is 29.1 Å². The largest absolute Gasteiger partial charge is 0.459 e. The molecule has 0 fully saturated rings. The lowest BCUT2D eigenvalue weighted by Gasteiger charge is -2.06. The Bertz CT molecular complexity index is 990. The molecule has 2 heterocycles. The molecule has 25 heavy (non-hydrogen) atoms. The first-order chi connectivity index (χ1) is 11.8. The molecule has 0 spiro atoms. The fourth-order valence-corrected chi connectivity index (χ4v) is 3.74. The third-order valence-corrected chi connectivity index (χ3v) is 5.08. The summed E-state index contributed by atoms with van der Waals surface area (Å²) in [5.41, 5.74) is 1.35. The van der Waals surface area contributed by atoms with Gasteiger partial charge in [-0.15, -0.1) is 11.3 Å². The molecule has 2 aromatic heterocycles. The van der Waals surface area contributed by atoms with Gasteiger partial charge >= 0.3 is 5.97 Å². The van der Waals surface area contributed by atoms with Crippen LogP contribution in [0, 0.1) is 6.92 Å². The molecule has 7 heteroatoms. The topological polar surface area (TPSA) is 72.0 Å². The number of nitrogens with zero attached hydrogens (tertiary/aromatic N) is 1. The minimum atomic E-state index is -0.422. The molecule has 0 bridgehead atoms. The van der Waals surface area contributed by atoms with Crippen LogP contribution in [-0.4, -0.2) is 22.0 Å². The number of fused-ring (bicyclic) bond motifs is 1. The summed E-state index contributed by atoms with van der Waals surface area (Å²) in [5, 5.41) is 1.10. The number of hydrogen-bond acceptors (Lipinski definition) is 5. The molecule has 0 aliphatic rings. The zero-order valence-electron chi connectivity index (χ0n) is 14.1. The number of carbonyl (C=O) groups excluding carboxylic acids is 1. The van der Waals surface area contributed by atoms with E-state index in [1.807, 2.05) is 12.1 Å². The van der Waals surface area contributed by atoms with E-state index >= 15 is 0 Å². The van der Waals surface area contributed by atoms with Gasteiger partial charge in [-0.1, -0.05) is 23.7 Å². The highest BCUT2D eigenvalue weighted by Crippen LogP contribution is 2.28. The lowest BCUT2D eigenvalue weighted by molar-refractivity contribution is 0.0383. The Morgan fingerprint density at radius 3 is 2.64 bits per heavy atom. The lowest BCUT2D eigenvalue weighted by Crippen LogP contribution is -2.13. The maximum Gasteiger partial charge on any atom is 0.348 e. The van der Waals surface area contributed by atoms with Crippen LogP contribution in [0.25, 0.3) is 10.2 Å². The number of rotatable bonds is 4. The van der Waals surface area contributed by atoms with Gasteiger partial charge in [-0.05, 0) is 44.0 Å². The fourth-order valence-electron chi connectivity index (χ4n) is 2.53. The minimum absolute atomic E-state index is 0.219. The van der Waals surface area contributed by atoms with E-state index in [1.54, 1.807) is 32.9 Å². The summed E-state index contributed by atoms with van der Waals surface area (Å²) >= 11 is 7.08. The predicted octanol–water partition coefficient (Wildman–Crippen LogP) is 4.10. The van der Waals surface area contributed by atoms with Crippen LogP contribution < -0.4 is 5.56 Å². The van der Waals surface area contributed by atoms with Crippen molar-refractivity contribution in [2.24, 2.45) is 0 Å². The van der Waals surface area contributed by atoms with Crippen molar-refractivity contribution < 1.29 is 9.53 Å². The van der Waals surface area contributed by atoms with Crippen molar-refractivity contribution in [2.75, 3.05) is 0 Å². The summed E-state index contributed by atoms with van der Waals surface area (Å²) in [4.78, 5) is 32.9. The number of hydrogen-bond donors (Lipinski definition) is 1. The molecule has 0 unspecified atom stereocenters. The number of aromatic nitrogens is 2. The van der Waals surface area contributed by atoms with E-state index in [9.17, 15) is 9.59 Å². The Hall–Kier alpha value is -2.18. The van der Waals surface area contributed by atoms with Crippen molar-refractivity contribution in [2.45, 2.75) is 33.3 Å². The van der Waals surface area contributed by atoms with Crippen molar-refractivity contribution >= 4 is 39.1 Å².